The minimum Gasteiger partial charge on any atom is -0.241 e. The predicted molar refractivity (Wildman–Crippen MR) is 67.7 cm³/mol. The first-order valence-electron chi connectivity index (χ1n) is 5.74. The largest absolute Gasteiger partial charge is 0.241 e. The monoisotopic (exact) mass is 252 g/mol. The van der Waals surface area contributed by atoms with Crippen LogP contribution in [0.1, 0.15) is 11.3 Å². The molecule has 0 aliphatic heterocycles. The molecule has 0 aliphatic rings. The van der Waals surface area contributed by atoms with Crippen molar-refractivity contribution in [2.75, 3.05) is 0 Å². The van der Waals surface area contributed by atoms with Crippen LogP contribution in [0, 0.1) is 17.1 Å². The van der Waals surface area contributed by atoms with E-state index in [9.17, 15) is 4.39 Å². The van der Waals surface area contributed by atoms with Gasteiger partial charge in [-0.15, -0.1) is 0 Å². The van der Waals surface area contributed by atoms with Crippen LogP contribution < -0.4 is 0 Å². The zero-order chi connectivity index (χ0) is 13.2. The van der Waals surface area contributed by atoms with E-state index in [0.29, 0.717) is 23.3 Å². The van der Waals surface area contributed by atoms with Crippen molar-refractivity contribution in [2.24, 2.45) is 0 Å². The Labute approximate surface area is 108 Å². The molecule has 0 atom stereocenters. The zero-order valence-electron chi connectivity index (χ0n) is 9.92. The summed E-state index contributed by atoms with van der Waals surface area (Å²) in [6.07, 6.45) is 1.65. The first kappa shape index (κ1) is 11.4. The lowest BCUT2D eigenvalue weighted by Gasteiger charge is -2.02. The molecule has 0 radical (unpaired) electrons. The highest BCUT2D eigenvalue weighted by Gasteiger charge is 2.10. The van der Waals surface area contributed by atoms with Crippen LogP contribution in [0.3, 0.4) is 0 Å². The number of halogens is 1. The van der Waals surface area contributed by atoms with E-state index < -0.39 is 0 Å². The van der Waals surface area contributed by atoms with Gasteiger partial charge >= 0.3 is 0 Å². The molecule has 0 amide bonds. The standard InChI is InChI=1S/C14H9FN4/c15-11-4-1-3-10(7-11)9-19-14-12(5-2-6-17-14)13(8-16)18-19/h1-7H,9H2. The molecule has 92 valence electrons. The maximum absolute atomic E-state index is 13.2. The molecule has 3 aromatic rings. The molecule has 2 aromatic heterocycles. The number of pyridine rings is 1. The second-order valence-electron chi connectivity index (χ2n) is 4.12. The molecule has 1 aromatic carbocycles. The Kier molecular flexibility index (Phi) is 2.69. The topological polar surface area (TPSA) is 54.5 Å². The fourth-order valence-corrected chi connectivity index (χ4v) is 2.01. The number of aromatic nitrogens is 3. The van der Waals surface area contributed by atoms with E-state index in [1.807, 2.05) is 12.1 Å². The summed E-state index contributed by atoms with van der Waals surface area (Å²) in [5, 5.41) is 14.0. The van der Waals surface area contributed by atoms with Gasteiger partial charge in [0.1, 0.15) is 11.9 Å². The van der Waals surface area contributed by atoms with Crippen molar-refractivity contribution in [3.63, 3.8) is 0 Å². The van der Waals surface area contributed by atoms with Gasteiger partial charge in [-0.25, -0.2) is 14.1 Å². The fourth-order valence-electron chi connectivity index (χ4n) is 2.01. The highest BCUT2D eigenvalue weighted by Crippen LogP contribution is 2.16. The van der Waals surface area contributed by atoms with Gasteiger partial charge in [0.2, 0.25) is 0 Å². The number of hydrogen-bond donors (Lipinski definition) is 0. The number of hydrogen-bond acceptors (Lipinski definition) is 3. The van der Waals surface area contributed by atoms with Gasteiger partial charge in [0, 0.05) is 6.20 Å². The van der Waals surface area contributed by atoms with Gasteiger partial charge in [-0.2, -0.15) is 10.4 Å². The van der Waals surface area contributed by atoms with E-state index in [-0.39, 0.29) is 5.82 Å². The molecule has 0 aliphatic carbocycles. The second kappa shape index (κ2) is 4.50. The Morgan fingerprint density at radius 1 is 1.26 bits per heavy atom. The van der Waals surface area contributed by atoms with Crippen molar-refractivity contribution in [3.8, 4) is 6.07 Å². The lowest BCUT2D eigenvalue weighted by Crippen LogP contribution is -2.03. The molecule has 19 heavy (non-hydrogen) atoms. The van der Waals surface area contributed by atoms with E-state index in [4.69, 9.17) is 5.26 Å². The van der Waals surface area contributed by atoms with Crippen LogP contribution in [0.4, 0.5) is 4.39 Å². The Morgan fingerprint density at radius 2 is 2.16 bits per heavy atom. The first-order chi connectivity index (χ1) is 9.28. The molecule has 0 spiro atoms. The lowest BCUT2D eigenvalue weighted by atomic mass is 10.2. The number of rotatable bonds is 2. The molecule has 0 saturated carbocycles. The average molecular weight is 252 g/mol. The quantitative estimate of drug-likeness (QED) is 0.704. The van der Waals surface area contributed by atoms with E-state index in [0.717, 1.165) is 5.56 Å². The highest BCUT2D eigenvalue weighted by molar-refractivity contribution is 5.80. The van der Waals surface area contributed by atoms with Crippen molar-refractivity contribution in [1.29, 1.82) is 5.26 Å². The number of nitriles is 1. The highest BCUT2D eigenvalue weighted by atomic mass is 19.1. The van der Waals surface area contributed by atoms with E-state index in [1.54, 1.807) is 29.1 Å². The van der Waals surface area contributed by atoms with Crippen LogP contribution in [-0.4, -0.2) is 14.8 Å². The summed E-state index contributed by atoms with van der Waals surface area (Å²) in [4.78, 5) is 4.22. The van der Waals surface area contributed by atoms with E-state index in [1.165, 1.54) is 12.1 Å². The molecule has 2 heterocycles. The van der Waals surface area contributed by atoms with Crippen LogP contribution in [0.25, 0.3) is 11.0 Å². The van der Waals surface area contributed by atoms with Crippen molar-refractivity contribution >= 4 is 11.0 Å². The molecule has 0 bridgehead atoms. The van der Waals surface area contributed by atoms with Gasteiger partial charge < -0.3 is 0 Å². The van der Waals surface area contributed by atoms with Gasteiger partial charge in [-0.3, -0.25) is 0 Å². The summed E-state index contributed by atoms with van der Waals surface area (Å²) in [6, 6.07) is 11.9. The van der Waals surface area contributed by atoms with Gasteiger partial charge in [-0.1, -0.05) is 12.1 Å². The van der Waals surface area contributed by atoms with Crippen LogP contribution >= 0.6 is 0 Å². The summed E-state index contributed by atoms with van der Waals surface area (Å²) in [5.74, 6) is -0.289. The summed E-state index contributed by atoms with van der Waals surface area (Å²) >= 11 is 0. The average Bonchev–Trinajstić information content (AvgIpc) is 2.77. The molecule has 0 saturated heterocycles. The number of benzene rings is 1. The summed E-state index contributed by atoms with van der Waals surface area (Å²) < 4.78 is 14.8. The number of fused-ring (bicyclic) bond motifs is 1. The molecule has 4 nitrogen and oxygen atoms in total. The van der Waals surface area contributed by atoms with Crippen LogP contribution in [0.15, 0.2) is 42.6 Å². The van der Waals surface area contributed by atoms with Crippen LogP contribution in [0.5, 0.6) is 0 Å². The zero-order valence-corrected chi connectivity index (χ0v) is 9.92. The van der Waals surface area contributed by atoms with Crippen molar-refractivity contribution in [2.45, 2.75) is 6.54 Å². The SMILES string of the molecule is N#Cc1nn(Cc2cccc(F)c2)c2ncccc12. The molecular formula is C14H9FN4. The third-order valence-corrected chi connectivity index (χ3v) is 2.83. The van der Waals surface area contributed by atoms with Gasteiger partial charge in [-0.05, 0) is 29.8 Å². The van der Waals surface area contributed by atoms with Crippen molar-refractivity contribution < 1.29 is 4.39 Å². The molecule has 3 rings (SSSR count). The normalized spacial score (nSPS) is 10.5. The Morgan fingerprint density at radius 3 is 2.95 bits per heavy atom. The Balaban J connectivity index is 2.09. The van der Waals surface area contributed by atoms with Gasteiger partial charge in [0.15, 0.2) is 11.3 Å². The molecule has 5 heteroatoms. The van der Waals surface area contributed by atoms with E-state index in [2.05, 4.69) is 10.1 Å². The lowest BCUT2D eigenvalue weighted by molar-refractivity contribution is 0.620. The second-order valence-corrected chi connectivity index (χ2v) is 4.12. The maximum atomic E-state index is 13.2. The predicted octanol–water partition coefficient (Wildman–Crippen LogP) is 2.49. The fraction of sp³-hybridized carbons (Fsp3) is 0.0714. The Bertz CT molecular complexity index is 785. The minimum absolute atomic E-state index is 0.289. The van der Waals surface area contributed by atoms with Gasteiger partial charge in [0.05, 0.1) is 11.9 Å². The molecular weight excluding hydrogens is 243 g/mol. The smallest absolute Gasteiger partial charge is 0.172 e. The van der Waals surface area contributed by atoms with Crippen LogP contribution in [0.2, 0.25) is 0 Å². The molecule has 0 fully saturated rings. The number of nitrogens with zero attached hydrogens (tertiary/aromatic N) is 4. The molecule has 0 N–H and O–H groups in total. The molecule has 0 unspecified atom stereocenters. The third-order valence-electron chi connectivity index (χ3n) is 2.83. The first-order valence-corrected chi connectivity index (χ1v) is 5.74. The van der Waals surface area contributed by atoms with Crippen molar-refractivity contribution in [3.05, 3.63) is 59.7 Å². The summed E-state index contributed by atoms with van der Waals surface area (Å²) in [7, 11) is 0. The summed E-state index contributed by atoms with van der Waals surface area (Å²) in [5.41, 5.74) is 1.74. The van der Waals surface area contributed by atoms with Crippen molar-refractivity contribution in [1.82, 2.24) is 14.8 Å². The van der Waals surface area contributed by atoms with E-state index >= 15 is 0 Å². The Hall–Kier alpha value is -2.74. The van der Waals surface area contributed by atoms with Crippen LogP contribution in [-0.2, 0) is 6.54 Å². The third kappa shape index (κ3) is 2.04. The van der Waals surface area contributed by atoms with Gasteiger partial charge in [0.25, 0.3) is 0 Å². The maximum Gasteiger partial charge on any atom is 0.172 e. The summed E-state index contributed by atoms with van der Waals surface area (Å²) in [6.45, 7) is 0.382. The minimum atomic E-state index is -0.289.